The van der Waals surface area contributed by atoms with Gasteiger partial charge in [-0.3, -0.25) is 9.80 Å². The zero-order valence-corrected chi connectivity index (χ0v) is 13.2. The second kappa shape index (κ2) is 7.58. The van der Waals surface area contributed by atoms with Crippen LogP contribution in [0.15, 0.2) is 53.1 Å². The van der Waals surface area contributed by atoms with Gasteiger partial charge in [0.25, 0.3) is 0 Å². The maximum atomic E-state index is 5.71. The van der Waals surface area contributed by atoms with Crippen molar-refractivity contribution < 1.29 is 4.42 Å². The van der Waals surface area contributed by atoms with Gasteiger partial charge in [0.1, 0.15) is 5.76 Å². The third kappa shape index (κ3) is 3.97. The SMILES string of the molecule is CN(Cc1ccccc1)C(CN1CCNCC1)c1ccco1. The highest BCUT2D eigenvalue weighted by atomic mass is 16.3. The smallest absolute Gasteiger partial charge is 0.122 e. The molecule has 4 heteroatoms. The van der Waals surface area contributed by atoms with Gasteiger partial charge in [0.15, 0.2) is 0 Å². The van der Waals surface area contributed by atoms with Gasteiger partial charge in [0.05, 0.1) is 12.3 Å². The van der Waals surface area contributed by atoms with Crippen LogP contribution in [0.25, 0.3) is 0 Å². The molecule has 0 aliphatic carbocycles. The first-order valence-corrected chi connectivity index (χ1v) is 8.03. The molecule has 1 atom stereocenters. The summed E-state index contributed by atoms with van der Waals surface area (Å²) in [6.45, 7) is 6.31. The molecule has 1 saturated heterocycles. The van der Waals surface area contributed by atoms with Crippen molar-refractivity contribution in [3.8, 4) is 0 Å². The van der Waals surface area contributed by atoms with Crippen molar-refractivity contribution >= 4 is 0 Å². The third-order valence-electron chi connectivity index (χ3n) is 4.32. The van der Waals surface area contributed by atoms with Gasteiger partial charge < -0.3 is 9.73 Å². The third-order valence-corrected chi connectivity index (χ3v) is 4.32. The second-order valence-corrected chi connectivity index (χ2v) is 5.98. The molecule has 118 valence electrons. The minimum atomic E-state index is 0.285. The number of nitrogens with one attached hydrogen (secondary N) is 1. The largest absolute Gasteiger partial charge is 0.468 e. The molecule has 1 aromatic heterocycles. The summed E-state index contributed by atoms with van der Waals surface area (Å²) < 4.78 is 5.71. The fraction of sp³-hybridized carbons (Fsp3) is 0.444. The molecule has 22 heavy (non-hydrogen) atoms. The molecule has 0 amide bonds. The number of likely N-dealkylation sites (N-methyl/N-ethyl adjacent to an activating group) is 1. The van der Waals surface area contributed by atoms with Crippen molar-refractivity contribution in [1.29, 1.82) is 0 Å². The first-order chi connectivity index (χ1) is 10.8. The van der Waals surface area contributed by atoms with Crippen LogP contribution in [0.2, 0.25) is 0 Å². The number of benzene rings is 1. The lowest BCUT2D eigenvalue weighted by atomic mass is 10.1. The van der Waals surface area contributed by atoms with E-state index in [1.54, 1.807) is 6.26 Å². The fourth-order valence-electron chi connectivity index (χ4n) is 3.05. The highest BCUT2D eigenvalue weighted by molar-refractivity contribution is 5.15. The molecule has 1 aliphatic heterocycles. The molecular weight excluding hydrogens is 274 g/mol. The number of hydrogen-bond donors (Lipinski definition) is 1. The number of piperazine rings is 1. The lowest BCUT2D eigenvalue weighted by molar-refractivity contribution is 0.130. The van der Waals surface area contributed by atoms with Gasteiger partial charge in [0.2, 0.25) is 0 Å². The Kier molecular flexibility index (Phi) is 5.27. The van der Waals surface area contributed by atoms with Crippen LogP contribution in [0.4, 0.5) is 0 Å². The van der Waals surface area contributed by atoms with E-state index < -0.39 is 0 Å². The predicted molar refractivity (Wildman–Crippen MR) is 88.7 cm³/mol. The van der Waals surface area contributed by atoms with E-state index in [-0.39, 0.29) is 6.04 Å². The summed E-state index contributed by atoms with van der Waals surface area (Å²) in [4.78, 5) is 4.90. The Morgan fingerprint density at radius 2 is 1.91 bits per heavy atom. The van der Waals surface area contributed by atoms with E-state index in [0.717, 1.165) is 45.0 Å². The average Bonchev–Trinajstić information content (AvgIpc) is 3.08. The molecule has 2 aromatic rings. The lowest BCUT2D eigenvalue weighted by Crippen LogP contribution is -2.46. The minimum absolute atomic E-state index is 0.285. The number of furan rings is 1. The van der Waals surface area contributed by atoms with E-state index in [4.69, 9.17) is 4.42 Å². The van der Waals surface area contributed by atoms with Crippen molar-refractivity contribution in [1.82, 2.24) is 15.1 Å². The zero-order chi connectivity index (χ0) is 15.2. The number of hydrogen-bond acceptors (Lipinski definition) is 4. The summed E-state index contributed by atoms with van der Waals surface area (Å²) in [6.07, 6.45) is 1.77. The van der Waals surface area contributed by atoms with Gasteiger partial charge in [-0.25, -0.2) is 0 Å². The Morgan fingerprint density at radius 1 is 1.14 bits per heavy atom. The molecule has 1 fully saturated rings. The van der Waals surface area contributed by atoms with E-state index in [1.165, 1.54) is 5.56 Å². The monoisotopic (exact) mass is 299 g/mol. The van der Waals surface area contributed by atoms with Crippen LogP contribution < -0.4 is 5.32 Å². The molecule has 1 N–H and O–H groups in total. The average molecular weight is 299 g/mol. The van der Waals surface area contributed by atoms with E-state index in [0.29, 0.717) is 0 Å². The van der Waals surface area contributed by atoms with E-state index in [2.05, 4.69) is 58.6 Å². The summed E-state index contributed by atoms with van der Waals surface area (Å²) in [5.41, 5.74) is 1.34. The molecule has 3 rings (SSSR count). The van der Waals surface area contributed by atoms with Crippen molar-refractivity contribution in [2.45, 2.75) is 12.6 Å². The Morgan fingerprint density at radius 3 is 2.59 bits per heavy atom. The molecular formula is C18H25N3O. The van der Waals surface area contributed by atoms with Crippen LogP contribution in [-0.4, -0.2) is 49.6 Å². The van der Waals surface area contributed by atoms with Crippen molar-refractivity contribution in [2.75, 3.05) is 39.8 Å². The zero-order valence-electron chi connectivity index (χ0n) is 13.2. The fourth-order valence-corrected chi connectivity index (χ4v) is 3.05. The predicted octanol–water partition coefficient (Wildman–Crippen LogP) is 2.36. The lowest BCUT2D eigenvalue weighted by Gasteiger charge is -2.34. The van der Waals surface area contributed by atoms with E-state index in [1.807, 2.05) is 6.07 Å². The standard InChI is InChI=1S/C18H25N3O/c1-20(14-16-6-3-2-4-7-16)17(18-8-5-13-22-18)15-21-11-9-19-10-12-21/h2-8,13,17,19H,9-12,14-15H2,1H3. The number of rotatable bonds is 6. The van der Waals surface area contributed by atoms with Gasteiger partial charge in [-0.05, 0) is 24.7 Å². The summed E-state index contributed by atoms with van der Waals surface area (Å²) in [5.74, 6) is 1.05. The summed E-state index contributed by atoms with van der Waals surface area (Å²) in [5, 5.41) is 3.41. The van der Waals surface area contributed by atoms with Crippen molar-refractivity contribution in [2.24, 2.45) is 0 Å². The van der Waals surface area contributed by atoms with Gasteiger partial charge >= 0.3 is 0 Å². The Labute approximate surface area is 132 Å². The van der Waals surface area contributed by atoms with Gasteiger partial charge in [-0.15, -0.1) is 0 Å². The maximum absolute atomic E-state index is 5.71. The molecule has 2 heterocycles. The van der Waals surface area contributed by atoms with Crippen LogP contribution in [0, 0.1) is 0 Å². The van der Waals surface area contributed by atoms with Crippen LogP contribution in [-0.2, 0) is 6.54 Å². The minimum Gasteiger partial charge on any atom is -0.468 e. The molecule has 0 radical (unpaired) electrons. The topological polar surface area (TPSA) is 31.6 Å². The second-order valence-electron chi connectivity index (χ2n) is 5.98. The van der Waals surface area contributed by atoms with Crippen molar-refractivity contribution in [3.63, 3.8) is 0 Å². The van der Waals surface area contributed by atoms with Crippen LogP contribution in [0.1, 0.15) is 17.4 Å². The highest BCUT2D eigenvalue weighted by Crippen LogP contribution is 2.23. The van der Waals surface area contributed by atoms with Crippen LogP contribution in [0.3, 0.4) is 0 Å². The highest BCUT2D eigenvalue weighted by Gasteiger charge is 2.23. The Bertz CT molecular complexity index is 535. The van der Waals surface area contributed by atoms with Gasteiger partial charge in [-0.2, -0.15) is 0 Å². The van der Waals surface area contributed by atoms with Crippen LogP contribution in [0.5, 0.6) is 0 Å². The van der Waals surface area contributed by atoms with Gasteiger partial charge in [0, 0.05) is 39.3 Å². The maximum Gasteiger partial charge on any atom is 0.122 e. The molecule has 1 aliphatic rings. The van der Waals surface area contributed by atoms with Crippen LogP contribution >= 0.6 is 0 Å². The van der Waals surface area contributed by atoms with E-state index in [9.17, 15) is 0 Å². The summed E-state index contributed by atoms with van der Waals surface area (Å²) in [7, 11) is 2.18. The molecule has 4 nitrogen and oxygen atoms in total. The normalized spacial score (nSPS) is 17.7. The summed E-state index contributed by atoms with van der Waals surface area (Å²) >= 11 is 0. The first-order valence-electron chi connectivity index (χ1n) is 8.03. The summed E-state index contributed by atoms with van der Waals surface area (Å²) in [6, 6.07) is 15.0. The van der Waals surface area contributed by atoms with Crippen molar-refractivity contribution in [3.05, 3.63) is 60.1 Å². The number of nitrogens with zero attached hydrogens (tertiary/aromatic N) is 2. The Balaban J connectivity index is 1.70. The van der Waals surface area contributed by atoms with E-state index >= 15 is 0 Å². The Hall–Kier alpha value is -1.62. The molecule has 0 spiro atoms. The quantitative estimate of drug-likeness (QED) is 0.887. The van der Waals surface area contributed by atoms with Gasteiger partial charge in [-0.1, -0.05) is 30.3 Å². The molecule has 1 unspecified atom stereocenters. The molecule has 0 saturated carbocycles. The first kappa shape index (κ1) is 15.3. The molecule has 1 aromatic carbocycles. The molecule has 0 bridgehead atoms.